The molecule has 15 heavy (non-hydrogen) atoms. The second-order valence-corrected chi connectivity index (χ2v) is 3.12. The highest BCUT2D eigenvalue weighted by Gasteiger charge is 2.03. The van der Waals surface area contributed by atoms with Crippen LogP contribution in [0.25, 0.3) is 6.08 Å². The number of hydrogen-bond donors (Lipinski definition) is 0. The number of allylic oxidation sites excluding steroid dienone is 2. The molecule has 0 N–H and O–H groups in total. The SMILES string of the molecule is C=C(C)/C(F)=C\c1ccc([N+](=O)[O-])cc1. The number of rotatable bonds is 3. The lowest BCUT2D eigenvalue weighted by Crippen LogP contribution is -1.86. The molecule has 0 amide bonds. The zero-order valence-electron chi connectivity index (χ0n) is 8.24. The topological polar surface area (TPSA) is 43.1 Å². The average Bonchev–Trinajstić information content (AvgIpc) is 2.18. The second kappa shape index (κ2) is 4.50. The Kier molecular flexibility index (Phi) is 3.33. The van der Waals surface area contributed by atoms with Crippen LogP contribution >= 0.6 is 0 Å². The highest BCUT2D eigenvalue weighted by Crippen LogP contribution is 2.17. The van der Waals surface area contributed by atoms with Crippen LogP contribution in [0.5, 0.6) is 0 Å². The summed E-state index contributed by atoms with van der Waals surface area (Å²) in [5.41, 5.74) is 0.886. The van der Waals surface area contributed by atoms with Crippen LogP contribution in [0, 0.1) is 10.1 Å². The molecule has 0 unspecified atom stereocenters. The minimum atomic E-state index is -0.497. The Bertz CT molecular complexity index is 421. The van der Waals surface area contributed by atoms with Gasteiger partial charge < -0.3 is 0 Å². The molecule has 1 rings (SSSR count). The van der Waals surface area contributed by atoms with Gasteiger partial charge in [0.1, 0.15) is 5.83 Å². The number of hydrogen-bond acceptors (Lipinski definition) is 2. The van der Waals surface area contributed by atoms with Crippen molar-refractivity contribution in [2.75, 3.05) is 0 Å². The van der Waals surface area contributed by atoms with E-state index in [1.54, 1.807) is 6.92 Å². The molecule has 4 heteroatoms. The number of halogens is 1. The first kappa shape index (κ1) is 11.1. The van der Waals surface area contributed by atoms with Gasteiger partial charge >= 0.3 is 0 Å². The number of benzene rings is 1. The van der Waals surface area contributed by atoms with Crippen LogP contribution in [0.3, 0.4) is 0 Å². The summed E-state index contributed by atoms with van der Waals surface area (Å²) in [4.78, 5) is 9.85. The van der Waals surface area contributed by atoms with E-state index in [1.807, 2.05) is 0 Å². The summed E-state index contributed by atoms with van der Waals surface area (Å²) in [7, 11) is 0. The van der Waals surface area contributed by atoms with E-state index in [0.717, 1.165) is 0 Å². The molecule has 0 aliphatic rings. The van der Waals surface area contributed by atoms with E-state index < -0.39 is 10.8 Å². The Morgan fingerprint density at radius 2 is 2.00 bits per heavy atom. The van der Waals surface area contributed by atoms with Gasteiger partial charge in [-0.2, -0.15) is 0 Å². The molecule has 1 aromatic rings. The zero-order chi connectivity index (χ0) is 11.4. The van der Waals surface area contributed by atoms with Gasteiger partial charge in [0.2, 0.25) is 0 Å². The van der Waals surface area contributed by atoms with Crippen molar-refractivity contribution in [2.24, 2.45) is 0 Å². The fraction of sp³-hybridized carbons (Fsp3) is 0.0909. The van der Waals surface area contributed by atoms with Crippen molar-refractivity contribution < 1.29 is 9.31 Å². The number of nitro benzene ring substituents is 1. The van der Waals surface area contributed by atoms with Gasteiger partial charge in [0.05, 0.1) is 4.92 Å². The molecule has 0 bridgehead atoms. The first-order valence-corrected chi connectivity index (χ1v) is 4.28. The first-order valence-electron chi connectivity index (χ1n) is 4.28. The van der Waals surface area contributed by atoms with E-state index >= 15 is 0 Å². The molecule has 0 saturated heterocycles. The fourth-order valence-corrected chi connectivity index (χ4v) is 0.962. The molecule has 0 atom stereocenters. The average molecular weight is 207 g/mol. The molecule has 0 saturated carbocycles. The van der Waals surface area contributed by atoms with Crippen molar-refractivity contribution >= 4 is 11.8 Å². The Balaban J connectivity index is 2.95. The van der Waals surface area contributed by atoms with Gasteiger partial charge in [-0.15, -0.1) is 0 Å². The largest absolute Gasteiger partial charge is 0.269 e. The van der Waals surface area contributed by atoms with Gasteiger partial charge in [-0.05, 0) is 36.3 Å². The van der Waals surface area contributed by atoms with Crippen molar-refractivity contribution in [3.05, 3.63) is 57.9 Å². The highest BCUT2D eigenvalue weighted by molar-refractivity contribution is 5.56. The third-order valence-electron chi connectivity index (χ3n) is 1.81. The van der Waals surface area contributed by atoms with E-state index in [2.05, 4.69) is 6.58 Å². The fourth-order valence-electron chi connectivity index (χ4n) is 0.962. The summed E-state index contributed by atoms with van der Waals surface area (Å²) < 4.78 is 13.1. The lowest BCUT2D eigenvalue weighted by molar-refractivity contribution is -0.384. The third kappa shape index (κ3) is 3.02. The van der Waals surface area contributed by atoms with Gasteiger partial charge in [-0.3, -0.25) is 10.1 Å². The summed E-state index contributed by atoms with van der Waals surface area (Å²) in [6, 6.07) is 5.64. The molecule has 0 fully saturated rings. The number of nitrogens with zero attached hydrogens (tertiary/aromatic N) is 1. The van der Waals surface area contributed by atoms with Gasteiger partial charge in [0.25, 0.3) is 5.69 Å². The van der Waals surface area contributed by atoms with E-state index in [9.17, 15) is 14.5 Å². The molecule has 0 heterocycles. The predicted octanol–water partition coefficient (Wildman–Crippen LogP) is 3.48. The van der Waals surface area contributed by atoms with Crippen LogP contribution in [-0.2, 0) is 0 Å². The quantitative estimate of drug-likeness (QED) is 0.432. The number of non-ortho nitro benzene ring substituents is 1. The van der Waals surface area contributed by atoms with Crippen LogP contribution in [-0.4, -0.2) is 4.92 Å². The molecule has 0 spiro atoms. The molecule has 1 aromatic carbocycles. The summed E-state index contributed by atoms with van der Waals surface area (Å²) >= 11 is 0. The standard InChI is InChI=1S/C11H10FNO2/c1-8(2)11(12)7-9-3-5-10(6-4-9)13(14)15/h3-7H,1H2,2H3/b11-7+. The molecule has 0 aliphatic carbocycles. The Hall–Kier alpha value is -1.97. The van der Waals surface area contributed by atoms with Crippen LogP contribution in [0.2, 0.25) is 0 Å². The van der Waals surface area contributed by atoms with Crippen molar-refractivity contribution in [3.8, 4) is 0 Å². The summed E-state index contributed by atoms with van der Waals surface area (Å²) in [6.07, 6.45) is 1.28. The number of nitro groups is 1. The van der Waals surface area contributed by atoms with Crippen molar-refractivity contribution in [3.63, 3.8) is 0 Å². The van der Waals surface area contributed by atoms with Crippen molar-refractivity contribution in [2.45, 2.75) is 6.92 Å². The van der Waals surface area contributed by atoms with Crippen LogP contribution in [0.1, 0.15) is 12.5 Å². The first-order chi connectivity index (χ1) is 7.00. The smallest absolute Gasteiger partial charge is 0.258 e. The monoisotopic (exact) mass is 207 g/mol. The van der Waals surface area contributed by atoms with Gasteiger partial charge in [0.15, 0.2) is 0 Å². The minimum absolute atomic E-state index is 0.0112. The molecular weight excluding hydrogens is 197 g/mol. The molecule has 0 aliphatic heterocycles. The zero-order valence-corrected chi connectivity index (χ0v) is 8.24. The highest BCUT2D eigenvalue weighted by atomic mass is 19.1. The maximum absolute atomic E-state index is 13.1. The maximum atomic E-state index is 13.1. The molecule has 3 nitrogen and oxygen atoms in total. The normalized spacial score (nSPS) is 11.2. The van der Waals surface area contributed by atoms with Gasteiger partial charge in [-0.25, -0.2) is 4.39 Å². The Morgan fingerprint density at radius 3 is 2.40 bits per heavy atom. The van der Waals surface area contributed by atoms with Gasteiger partial charge in [0, 0.05) is 12.1 Å². The molecule has 0 radical (unpaired) electrons. The second-order valence-electron chi connectivity index (χ2n) is 3.12. The van der Waals surface area contributed by atoms with E-state index in [-0.39, 0.29) is 5.69 Å². The third-order valence-corrected chi connectivity index (χ3v) is 1.81. The lowest BCUT2D eigenvalue weighted by Gasteiger charge is -1.96. The van der Waals surface area contributed by atoms with Crippen LogP contribution in [0.4, 0.5) is 10.1 Å². The Labute approximate surface area is 86.7 Å². The summed E-state index contributed by atoms with van der Waals surface area (Å²) in [6.45, 7) is 5.00. The maximum Gasteiger partial charge on any atom is 0.269 e. The van der Waals surface area contributed by atoms with Crippen LogP contribution < -0.4 is 0 Å². The van der Waals surface area contributed by atoms with Crippen molar-refractivity contribution in [1.82, 2.24) is 0 Å². The summed E-state index contributed by atoms with van der Waals surface area (Å²) in [5.74, 6) is -0.427. The molecule has 0 aromatic heterocycles. The molecular formula is C11H10FNO2. The lowest BCUT2D eigenvalue weighted by atomic mass is 10.1. The van der Waals surface area contributed by atoms with Crippen molar-refractivity contribution in [1.29, 1.82) is 0 Å². The van der Waals surface area contributed by atoms with Crippen LogP contribution in [0.15, 0.2) is 42.2 Å². The van der Waals surface area contributed by atoms with E-state index in [0.29, 0.717) is 11.1 Å². The molecule has 78 valence electrons. The van der Waals surface area contributed by atoms with E-state index in [1.165, 1.54) is 30.3 Å². The predicted molar refractivity (Wildman–Crippen MR) is 57.0 cm³/mol. The summed E-state index contributed by atoms with van der Waals surface area (Å²) in [5, 5.41) is 10.3. The Morgan fingerprint density at radius 1 is 1.47 bits per heavy atom. The van der Waals surface area contributed by atoms with Gasteiger partial charge in [-0.1, -0.05) is 6.58 Å². The van der Waals surface area contributed by atoms with E-state index in [4.69, 9.17) is 0 Å². The minimum Gasteiger partial charge on any atom is -0.258 e.